The number of carbonyl (C=O) groups is 2. The quantitative estimate of drug-likeness (QED) is 0.709. The lowest BCUT2D eigenvalue weighted by atomic mass is 9.93. The normalized spacial score (nSPS) is 34.4. The predicted molar refractivity (Wildman–Crippen MR) is 62.3 cm³/mol. The van der Waals surface area contributed by atoms with Crippen molar-refractivity contribution in [1.29, 1.82) is 0 Å². The molecule has 0 spiro atoms. The minimum atomic E-state index is -0.356. The molecule has 0 aromatic heterocycles. The van der Waals surface area contributed by atoms with Crippen molar-refractivity contribution >= 4 is 11.8 Å². The van der Waals surface area contributed by atoms with Crippen LogP contribution in [0.4, 0.5) is 0 Å². The van der Waals surface area contributed by atoms with Gasteiger partial charge in [0.25, 0.3) is 0 Å². The van der Waals surface area contributed by atoms with E-state index in [2.05, 4.69) is 5.32 Å². The van der Waals surface area contributed by atoms with Crippen LogP contribution in [0.2, 0.25) is 0 Å². The van der Waals surface area contributed by atoms with E-state index in [0.717, 1.165) is 19.4 Å². The van der Waals surface area contributed by atoms with Crippen LogP contribution in [0.3, 0.4) is 0 Å². The van der Waals surface area contributed by atoms with E-state index < -0.39 is 0 Å². The molecule has 5 nitrogen and oxygen atoms in total. The molecule has 0 aromatic carbocycles. The molecule has 1 N–H and O–H groups in total. The molecule has 96 valence electrons. The smallest absolute Gasteiger partial charge is 0.242 e. The third-order valence-electron chi connectivity index (χ3n) is 3.71. The maximum atomic E-state index is 12.4. The van der Waals surface area contributed by atoms with Gasteiger partial charge in [0.1, 0.15) is 6.04 Å². The van der Waals surface area contributed by atoms with E-state index in [1.165, 1.54) is 0 Å². The Labute approximate surface area is 101 Å². The lowest BCUT2D eigenvalue weighted by molar-refractivity contribution is -0.151. The Balaban J connectivity index is 2.05. The van der Waals surface area contributed by atoms with Gasteiger partial charge in [0, 0.05) is 19.7 Å². The molecule has 2 aliphatic heterocycles. The number of amides is 2. The van der Waals surface area contributed by atoms with Gasteiger partial charge in [0.15, 0.2) is 0 Å². The topological polar surface area (TPSA) is 58.6 Å². The average molecular weight is 240 g/mol. The van der Waals surface area contributed by atoms with E-state index >= 15 is 0 Å². The van der Waals surface area contributed by atoms with Gasteiger partial charge in [-0.15, -0.1) is 0 Å². The fourth-order valence-electron chi connectivity index (χ4n) is 2.54. The predicted octanol–water partition coefficient (Wildman–Crippen LogP) is 0.148. The molecule has 3 unspecified atom stereocenters. The van der Waals surface area contributed by atoms with Crippen molar-refractivity contribution in [2.24, 2.45) is 5.92 Å². The molecule has 2 fully saturated rings. The minimum absolute atomic E-state index is 0.0339. The number of hydrogen-bond donors (Lipinski definition) is 1. The Morgan fingerprint density at radius 3 is 2.94 bits per heavy atom. The van der Waals surface area contributed by atoms with Crippen molar-refractivity contribution in [2.75, 3.05) is 19.7 Å². The number of hydrogen-bond acceptors (Lipinski definition) is 3. The van der Waals surface area contributed by atoms with Gasteiger partial charge in [-0.2, -0.15) is 0 Å². The monoisotopic (exact) mass is 240 g/mol. The van der Waals surface area contributed by atoms with Crippen molar-refractivity contribution in [3.63, 3.8) is 0 Å². The van der Waals surface area contributed by atoms with Gasteiger partial charge < -0.3 is 15.0 Å². The number of nitrogens with one attached hydrogen (secondary N) is 1. The van der Waals surface area contributed by atoms with Gasteiger partial charge in [-0.05, 0) is 26.7 Å². The van der Waals surface area contributed by atoms with E-state index in [-0.39, 0.29) is 29.9 Å². The molecule has 0 saturated carbocycles. The van der Waals surface area contributed by atoms with Crippen molar-refractivity contribution in [2.45, 2.75) is 38.8 Å². The van der Waals surface area contributed by atoms with Gasteiger partial charge in [-0.3, -0.25) is 9.59 Å². The Morgan fingerprint density at radius 2 is 2.24 bits per heavy atom. The number of rotatable bonds is 1. The lowest BCUT2D eigenvalue weighted by Crippen LogP contribution is -2.58. The molecule has 0 radical (unpaired) electrons. The highest BCUT2D eigenvalue weighted by Gasteiger charge is 2.36. The molecule has 2 saturated heterocycles. The molecule has 0 aliphatic carbocycles. The minimum Gasteiger partial charge on any atom is -0.378 e. The van der Waals surface area contributed by atoms with Gasteiger partial charge >= 0.3 is 0 Å². The molecular weight excluding hydrogens is 220 g/mol. The second-order valence-corrected chi connectivity index (χ2v) is 4.82. The number of piperazine rings is 1. The zero-order valence-corrected chi connectivity index (χ0v) is 10.4. The molecule has 0 bridgehead atoms. The fourth-order valence-corrected chi connectivity index (χ4v) is 2.54. The van der Waals surface area contributed by atoms with E-state index in [1.54, 1.807) is 11.8 Å². The molecule has 3 atom stereocenters. The SMILES string of the molecule is CC1OCCCC1C(=O)N1CCNC(=O)C1C. The lowest BCUT2D eigenvalue weighted by Gasteiger charge is -2.38. The zero-order chi connectivity index (χ0) is 12.4. The van der Waals surface area contributed by atoms with Crippen LogP contribution in [0.15, 0.2) is 0 Å². The van der Waals surface area contributed by atoms with Crippen LogP contribution in [0, 0.1) is 5.92 Å². The summed E-state index contributed by atoms with van der Waals surface area (Å²) in [5, 5.41) is 2.77. The first-order valence-electron chi connectivity index (χ1n) is 6.31. The van der Waals surface area contributed by atoms with Crippen LogP contribution < -0.4 is 5.32 Å². The second-order valence-electron chi connectivity index (χ2n) is 4.82. The van der Waals surface area contributed by atoms with E-state index in [1.807, 2.05) is 6.92 Å². The summed E-state index contributed by atoms with van der Waals surface area (Å²) >= 11 is 0. The first kappa shape index (κ1) is 12.4. The van der Waals surface area contributed by atoms with Crippen LogP contribution in [0.1, 0.15) is 26.7 Å². The summed E-state index contributed by atoms with van der Waals surface area (Å²) < 4.78 is 5.52. The summed E-state index contributed by atoms with van der Waals surface area (Å²) in [5.41, 5.74) is 0. The molecule has 2 aliphatic rings. The molecule has 2 rings (SSSR count). The highest BCUT2D eigenvalue weighted by molar-refractivity contribution is 5.89. The first-order chi connectivity index (χ1) is 8.11. The van der Waals surface area contributed by atoms with E-state index in [9.17, 15) is 9.59 Å². The molecule has 0 aromatic rings. The highest BCUT2D eigenvalue weighted by atomic mass is 16.5. The fraction of sp³-hybridized carbons (Fsp3) is 0.833. The highest BCUT2D eigenvalue weighted by Crippen LogP contribution is 2.24. The number of ether oxygens (including phenoxy) is 1. The third kappa shape index (κ3) is 2.44. The van der Waals surface area contributed by atoms with Crippen molar-refractivity contribution < 1.29 is 14.3 Å². The summed E-state index contributed by atoms with van der Waals surface area (Å²) in [5.74, 6) is -0.0781. The van der Waals surface area contributed by atoms with Crippen molar-refractivity contribution in [3.8, 4) is 0 Å². The summed E-state index contributed by atoms with van der Waals surface area (Å²) in [7, 11) is 0. The molecule has 17 heavy (non-hydrogen) atoms. The summed E-state index contributed by atoms with van der Waals surface area (Å²) in [6.07, 6.45) is 1.76. The second kappa shape index (κ2) is 5.04. The Morgan fingerprint density at radius 1 is 1.47 bits per heavy atom. The number of carbonyl (C=O) groups excluding carboxylic acids is 2. The van der Waals surface area contributed by atoms with Crippen LogP contribution >= 0.6 is 0 Å². The molecular formula is C12H20N2O3. The van der Waals surface area contributed by atoms with Gasteiger partial charge in [-0.1, -0.05) is 0 Å². The zero-order valence-electron chi connectivity index (χ0n) is 10.4. The third-order valence-corrected chi connectivity index (χ3v) is 3.71. The number of nitrogens with zero attached hydrogens (tertiary/aromatic N) is 1. The van der Waals surface area contributed by atoms with E-state index in [0.29, 0.717) is 13.1 Å². The Kier molecular flexibility index (Phi) is 3.66. The van der Waals surface area contributed by atoms with Crippen LogP contribution in [0.5, 0.6) is 0 Å². The molecule has 2 heterocycles. The van der Waals surface area contributed by atoms with Crippen LogP contribution in [-0.4, -0.2) is 48.6 Å². The van der Waals surface area contributed by atoms with E-state index in [4.69, 9.17) is 4.74 Å². The van der Waals surface area contributed by atoms with Crippen molar-refractivity contribution in [1.82, 2.24) is 10.2 Å². The maximum Gasteiger partial charge on any atom is 0.242 e. The molecule has 5 heteroatoms. The Bertz CT molecular complexity index is 319. The average Bonchev–Trinajstić information content (AvgIpc) is 2.32. The summed E-state index contributed by atoms with van der Waals surface area (Å²) in [6, 6.07) is -0.356. The van der Waals surface area contributed by atoms with Gasteiger partial charge in [-0.25, -0.2) is 0 Å². The van der Waals surface area contributed by atoms with Crippen LogP contribution in [-0.2, 0) is 14.3 Å². The van der Waals surface area contributed by atoms with Gasteiger partial charge in [0.2, 0.25) is 11.8 Å². The first-order valence-corrected chi connectivity index (χ1v) is 6.31. The largest absolute Gasteiger partial charge is 0.378 e. The maximum absolute atomic E-state index is 12.4. The van der Waals surface area contributed by atoms with Gasteiger partial charge in [0.05, 0.1) is 12.0 Å². The standard InChI is InChI=1S/C12H20N2O3/c1-8-11(15)13-5-6-14(8)12(16)10-4-3-7-17-9(10)2/h8-10H,3-7H2,1-2H3,(H,13,15). The Hall–Kier alpha value is -1.10. The van der Waals surface area contributed by atoms with Crippen LogP contribution in [0.25, 0.3) is 0 Å². The van der Waals surface area contributed by atoms with Crippen molar-refractivity contribution in [3.05, 3.63) is 0 Å². The summed E-state index contributed by atoms with van der Waals surface area (Å²) in [4.78, 5) is 25.6. The summed E-state index contributed by atoms with van der Waals surface area (Å²) in [6.45, 7) is 5.62. The molecule has 2 amide bonds.